The number of nitrogens with zero attached hydrogens (tertiary/aromatic N) is 1. The summed E-state index contributed by atoms with van der Waals surface area (Å²) in [6.45, 7) is 16.6. The topological polar surface area (TPSA) is 78.8 Å². The fraction of sp³-hybridized carbons (Fsp3) is 0.710. The first-order valence-electron chi connectivity index (χ1n) is 13.9. The van der Waals surface area contributed by atoms with Gasteiger partial charge in [0.15, 0.2) is 0 Å². The zero-order valence-corrected chi connectivity index (χ0v) is 24.1. The molecular weight excluding hydrogens is 448 g/mol. The second kappa shape index (κ2) is 16.0. The third-order valence-corrected chi connectivity index (χ3v) is 7.28. The third-order valence-electron chi connectivity index (χ3n) is 7.28. The average Bonchev–Trinajstić information content (AvgIpc) is 2.96. The van der Waals surface area contributed by atoms with E-state index in [0.29, 0.717) is 18.4 Å². The van der Waals surface area contributed by atoms with Gasteiger partial charge in [-0.25, -0.2) is 0 Å². The molecule has 2 aliphatic heterocycles. The van der Waals surface area contributed by atoms with Crippen molar-refractivity contribution in [2.24, 2.45) is 34.1 Å². The van der Waals surface area contributed by atoms with Crippen LogP contribution in [0, 0.1) is 29.1 Å². The first-order chi connectivity index (χ1) is 16.9. The quantitative estimate of drug-likeness (QED) is 0.388. The van der Waals surface area contributed by atoms with E-state index in [0.717, 1.165) is 37.8 Å². The molecule has 0 aliphatic carbocycles. The highest BCUT2D eigenvalue weighted by atomic mass is 16.3. The van der Waals surface area contributed by atoms with Crippen molar-refractivity contribution in [3.63, 3.8) is 0 Å². The molecule has 0 saturated heterocycles. The van der Waals surface area contributed by atoms with Gasteiger partial charge in [-0.15, -0.1) is 0 Å². The van der Waals surface area contributed by atoms with Gasteiger partial charge < -0.3 is 10.4 Å². The van der Waals surface area contributed by atoms with Crippen molar-refractivity contribution in [3.8, 4) is 0 Å². The number of allylic oxidation sites excluding steroid dienone is 4. The van der Waals surface area contributed by atoms with Crippen LogP contribution in [0.25, 0.3) is 0 Å². The summed E-state index contributed by atoms with van der Waals surface area (Å²) in [6, 6.07) is 0. The summed E-state index contributed by atoms with van der Waals surface area (Å²) in [6.07, 6.45) is 16.2. The maximum Gasteiger partial charge on any atom is 0.222 e. The number of Topliss-reactive ketones (excluding diaryl/α,β-unsaturated/α-hetero) is 1. The van der Waals surface area contributed by atoms with E-state index in [1.165, 1.54) is 12.1 Å². The Labute approximate surface area is 220 Å². The molecule has 0 aromatic carbocycles. The van der Waals surface area contributed by atoms with Gasteiger partial charge in [-0.2, -0.15) is 0 Å². The molecule has 1 amide bonds. The van der Waals surface area contributed by atoms with Crippen LogP contribution >= 0.6 is 0 Å². The number of nitrogens with one attached hydrogen (secondary N) is 1. The predicted octanol–water partition coefficient (Wildman–Crippen LogP) is 6.82. The molecule has 0 spiro atoms. The first kappa shape index (κ1) is 32.0. The number of amides is 1. The normalized spacial score (nSPS) is 31.9. The van der Waals surface area contributed by atoms with Crippen molar-refractivity contribution >= 4 is 17.4 Å². The van der Waals surface area contributed by atoms with E-state index in [1.807, 2.05) is 19.9 Å². The molecule has 0 aromatic rings. The molecule has 204 valence electrons. The Morgan fingerprint density at radius 3 is 2.47 bits per heavy atom. The van der Waals surface area contributed by atoms with Crippen molar-refractivity contribution in [1.29, 1.82) is 0 Å². The zero-order valence-electron chi connectivity index (χ0n) is 24.1. The minimum absolute atomic E-state index is 0.0303. The fourth-order valence-electron chi connectivity index (χ4n) is 4.77. The standard InChI is InChI=1S/C20H35NO3.C11H17N/c1-14-9-7-6-8-10-15(2)13-21-18(23)12-17(22)20(4,5)19(24)16(3)11-14;1-4-5-11-8-9(2)6-7-10(3)12-11/h8,10,14-17,22H,6-7,9,11-13H2,1-5H3,(H,21,23);4-5,8-9H,6-7H2,1-3H3/b10-8-;5-4-/t14?,15-,16?,17?;/m0./s1. The van der Waals surface area contributed by atoms with E-state index >= 15 is 0 Å². The molecule has 5 atom stereocenters. The summed E-state index contributed by atoms with van der Waals surface area (Å²) in [5, 5.41) is 13.3. The van der Waals surface area contributed by atoms with E-state index in [-0.39, 0.29) is 29.9 Å². The highest BCUT2D eigenvalue weighted by molar-refractivity contribution is 5.87. The Balaban J connectivity index is 0.000000450. The highest BCUT2D eigenvalue weighted by Crippen LogP contribution is 2.31. The summed E-state index contributed by atoms with van der Waals surface area (Å²) in [5.74, 6) is 1.17. The van der Waals surface area contributed by atoms with Crippen LogP contribution in [-0.2, 0) is 9.59 Å². The van der Waals surface area contributed by atoms with Crippen LogP contribution in [0.15, 0.2) is 41.1 Å². The summed E-state index contributed by atoms with van der Waals surface area (Å²) in [7, 11) is 0. The molecule has 2 rings (SSSR count). The number of hydrogen-bond acceptors (Lipinski definition) is 4. The number of aliphatic hydroxyl groups is 1. The summed E-state index contributed by atoms with van der Waals surface area (Å²) in [5.41, 5.74) is 1.47. The molecule has 0 aromatic heterocycles. The van der Waals surface area contributed by atoms with Crippen molar-refractivity contribution in [3.05, 3.63) is 36.1 Å². The van der Waals surface area contributed by atoms with Gasteiger partial charge >= 0.3 is 0 Å². The molecule has 36 heavy (non-hydrogen) atoms. The second-order valence-electron chi connectivity index (χ2n) is 11.6. The second-order valence-corrected chi connectivity index (χ2v) is 11.6. The number of carbonyl (C=O) groups excluding carboxylic acids is 2. The number of aliphatic imine (C=N–C) groups is 1. The number of rotatable bonds is 1. The summed E-state index contributed by atoms with van der Waals surface area (Å²) >= 11 is 0. The maximum atomic E-state index is 12.8. The summed E-state index contributed by atoms with van der Waals surface area (Å²) < 4.78 is 0. The molecule has 2 heterocycles. The van der Waals surface area contributed by atoms with Gasteiger partial charge in [0.05, 0.1) is 23.6 Å². The predicted molar refractivity (Wildman–Crippen MR) is 152 cm³/mol. The third kappa shape index (κ3) is 11.8. The Morgan fingerprint density at radius 2 is 1.81 bits per heavy atom. The lowest BCUT2D eigenvalue weighted by Gasteiger charge is -2.32. The van der Waals surface area contributed by atoms with Gasteiger partial charge in [0.25, 0.3) is 0 Å². The molecule has 5 nitrogen and oxygen atoms in total. The molecule has 2 N–H and O–H groups in total. The van der Waals surface area contributed by atoms with E-state index in [2.05, 4.69) is 62.3 Å². The van der Waals surface area contributed by atoms with Crippen molar-refractivity contribution in [1.82, 2.24) is 5.32 Å². The Morgan fingerprint density at radius 1 is 1.11 bits per heavy atom. The van der Waals surface area contributed by atoms with Crippen molar-refractivity contribution < 1.29 is 14.7 Å². The molecule has 0 bridgehead atoms. The van der Waals surface area contributed by atoms with Crippen LogP contribution in [0.4, 0.5) is 0 Å². The van der Waals surface area contributed by atoms with Crippen LogP contribution in [0.1, 0.15) is 100 Å². The first-order valence-corrected chi connectivity index (χ1v) is 13.9. The van der Waals surface area contributed by atoms with Crippen LogP contribution in [0.3, 0.4) is 0 Å². The maximum absolute atomic E-state index is 12.8. The Kier molecular flexibility index (Phi) is 14.2. The minimum atomic E-state index is -0.957. The van der Waals surface area contributed by atoms with Crippen molar-refractivity contribution in [2.75, 3.05) is 6.54 Å². The van der Waals surface area contributed by atoms with E-state index < -0.39 is 11.5 Å². The highest BCUT2D eigenvalue weighted by Gasteiger charge is 2.39. The van der Waals surface area contributed by atoms with Gasteiger partial charge in [0, 0.05) is 18.2 Å². The number of hydrogen-bond donors (Lipinski definition) is 2. The van der Waals surface area contributed by atoms with E-state index in [1.54, 1.807) is 13.8 Å². The lowest BCUT2D eigenvalue weighted by Crippen LogP contribution is -2.43. The van der Waals surface area contributed by atoms with Crippen molar-refractivity contribution in [2.45, 2.75) is 106 Å². The largest absolute Gasteiger partial charge is 0.392 e. The molecule has 4 unspecified atom stereocenters. The van der Waals surface area contributed by atoms with Crippen LogP contribution in [-0.4, -0.2) is 35.2 Å². The van der Waals surface area contributed by atoms with Crippen LogP contribution < -0.4 is 5.32 Å². The lowest BCUT2D eigenvalue weighted by molar-refractivity contribution is -0.139. The summed E-state index contributed by atoms with van der Waals surface area (Å²) in [4.78, 5) is 29.3. The lowest BCUT2D eigenvalue weighted by atomic mass is 9.74. The average molecular weight is 501 g/mol. The minimum Gasteiger partial charge on any atom is -0.392 e. The number of ketones is 1. The van der Waals surface area contributed by atoms with Crippen LogP contribution in [0.5, 0.6) is 0 Å². The monoisotopic (exact) mass is 500 g/mol. The van der Waals surface area contributed by atoms with Gasteiger partial charge in [-0.1, -0.05) is 72.3 Å². The van der Waals surface area contributed by atoms with Gasteiger partial charge in [-0.05, 0) is 69.8 Å². The van der Waals surface area contributed by atoms with E-state index in [4.69, 9.17) is 0 Å². The smallest absolute Gasteiger partial charge is 0.222 e. The molecular formula is C31H52N2O3. The number of aliphatic hydroxyl groups excluding tert-OH is 1. The SMILES string of the molecule is C/C=C\C1=CC(C)CCC(C)=N1.CC1CCC/C=C\[C@H](C)CNC(=O)CC(O)C(C)(C)C(=O)C(C)C1. The molecule has 5 heteroatoms. The fourth-order valence-corrected chi connectivity index (χ4v) is 4.77. The van der Waals surface area contributed by atoms with E-state index in [9.17, 15) is 14.7 Å². The molecule has 2 aliphatic rings. The van der Waals surface area contributed by atoms with Gasteiger partial charge in [0.2, 0.25) is 5.91 Å². The van der Waals surface area contributed by atoms with Gasteiger partial charge in [0.1, 0.15) is 5.78 Å². The molecule has 0 saturated carbocycles. The van der Waals surface area contributed by atoms with Gasteiger partial charge in [-0.3, -0.25) is 14.6 Å². The Hall–Kier alpha value is -2.01. The van der Waals surface area contributed by atoms with Crippen LogP contribution in [0.2, 0.25) is 0 Å². The Bertz CT molecular complexity index is 822. The number of carbonyl (C=O) groups is 2. The zero-order chi connectivity index (χ0) is 27.3. The molecule has 0 fully saturated rings. The molecule has 0 radical (unpaired) electrons.